The van der Waals surface area contributed by atoms with E-state index in [-0.39, 0.29) is 11.6 Å². The van der Waals surface area contributed by atoms with E-state index in [0.717, 1.165) is 54.0 Å². The molecular weight excluding hydrogens is 433 g/mol. The summed E-state index contributed by atoms with van der Waals surface area (Å²) < 4.78 is 24.4. The van der Waals surface area contributed by atoms with E-state index in [4.69, 9.17) is 4.74 Å². The zero-order valence-corrected chi connectivity index (χ0v) is 19.0. The second-order valence-corrected chi connectivity index (χ2v) is 9.05. The van der Waals surface area contributed by atoms with E-state index >= 15 is 0 Å². The highest BCUT2D eigenvalue weighted by molar-refractivity contribution is 6.04. The SMILES string of the molecule is Cc1cc(F)c(NC(=O)c2ccn(C3CC3)c2)cc1-c1cc(N2CCOCC2)c2nccn2c1. The molecule has 7 nitrogen and oxygen atoms in total. The molecule has 1 aliphatic carbocycles. The van der Waals surface area contributed by atoms with Crippen LogP contribution in [-0.4, -0.2) is 46.2 Å². The van der Waals surface area contributed by atoms with Gasteiger partial charge in [0.05, 0.1) is 30.2 Å². The lowest BCUT2D eigenvalue weighted by molar-refractivity contribution is 0.102. The number of hydrogen-bond donors (Lipinski definition) is 1. The Balaban J connectivity index is 1.35. The number of morpholine rings is 1. The Labute approximate surface area is 196 Å². The highest BCUT2D eigenvalue weighted by atomic mass is 19.1. The van der Waals surface area contributed by atoms with Crippen molar-refractivity contribution in [2.45, 2.75) is 25.8 Å². The molecule has 0 bridgehead atoms. The minimum atomic E-state index is -0.451. The fourth-order valence-electron chi connectivity index (χ4n) is 4.62. The lowest BCUT2D eigenvalue weighted by atomic mass is 10.00. The van der Waals surface area contributed by atoms with Gasteiger partial charge in [-0.05, 0) is 55.2 Å². The molecule has 2 aliphatic rings. The molecule has 4 heterocycles. The number of aromatic nitrogens is 3. The first-order valence-electron chi connectivity index (χ1n) is 11.7. The molecule has 4 aromatic rings. The van der Waals surface area contributed by atoms with Crippen molar-refractivity contribution in [2.75, 3.05) is 36.5 Å². The summed E-state index contributed by atoms with van der Waals surface area (Å²) in [6.07, 6.45) is 11.7. The van der Waals surface area contributed by atoms with E-state index in [1.165, 1.54) is 6.07 Å². The van der Waals surface area contributed by atoms with Gasteiger partial charge in [-0.1, -0.05) is 0 Å². The number of amides is 1. The Morgan fingerprint density at radius 3 is 2.76 bits per heavy atom. The molecule has 1 saturated heterocycles. The van der Waals surface area contributed by atoms with Gasteiger partial charge in [-0.2, -0.15) is 0 Å². The average Bonchev–Trinajstić information content (AvgIpc) is 3.37. The Bertz CT molecular complexity index is 1380. The van der Waals surface area contributed by atoms with Gasteiger partial charge < -0.3 is 23.9 Å². The number of aryl methyl sites for hydroxylation is 1. The van der Waals surface area contributed by atoms with Crippen LogP contribution in [-0.2, 0) is 4.74 Å². The molecule has 174 valence electrons. The summed E-state index contributed by atoms with van der Waals surface area (Å²) in [5.74, 6) is -0.763. The third kappa shape index (κ3) is 3.84. The van der Waals surface area contributed by atoms with Crippen LogP contribution in [0, 0.1) is 12.7 Å². The van der Waals surface area contributed by atoms with Crippen LogP contribution in [0.15, 0.2) is 55.2 Å². The summed E-state index contributed by atoms with van der Waals surface area (Å²) in [6, 6.07) is 7.56. The van der Waals surface area contributed by atoms with Gasteiger partial charge in [-0.3, -0.25) is 4.79 Å². The lowest BCUT2D eigenvalue weighted by Crippen LogP contribution is -2.36. The number of nitrogens with one attached hydrogen (secondary N) is 1. The van der Waals surface area contributed by atoms with Gasteiger partial charge >= 0.3 is 0 Å². The normalized spacial score (nSPS) is 16.2. The minimum Gasteiger partial charge on any atom is -0.378 e. The number of hydrogen-bond acceptors (Lipinski definition) is 4. The number of pyridine rings is 1. The third-order valence-corrected chi connectivity index (χ3v) is 6.64. The maximum absolute atomic E-state index is 14.9. The van der Waals surface area contributed by atoms with Gasteiger partial charge in [0.25, 0.3) is 5.91 Å². The van der Waals surface area contributed by atoms with Crippen molar-refractivity contribution in [2.24, 2.45) is 0 Å². The molecule has 0 spiro atoms. The Morgan fingerprint density at radius 1 is 1.15 bits per heavy atom. The number of rotatable bonds is 5. The number of nitrogens with zero attached hydrogens (tertiary/aromatic N) is 4. The first-order chi connectivity index (χ1) is 16.6. The summed E-state index contributed by atoms with van der Waals surface area (Å²) in [4.78, 5) is 19.6. The standard InChI is InChI=1S/C26H26FN5O2/c1-17-12-22(27)23(29-26(33)18-4-6-31(15-18)20-2-3-20)14-21(17)19-13-24(30-8-10-34-11-9-30)25-28-5-7-32(25)16-19/h4-7,12-16,20H,2-3,8-11H2,1H3,(H,29,33). The van der Waals surface area contributed by atoms with E-state index in [0.29, 0.717) is 24.8 Å². The van der Waals surface area contributed by atoms with E-state index in [2.05, 4.69) is 25.8 Å². The van der Waals surface area contributed by atoms with Crippen LogP contribution in [0.25, 0.3) is 16.8 Å². The van der Waals surface area contributed by atoms with Crippen molar-refractivity contribution in [3.63, 3.8) is 0 Å². The maximum atomic E-state index is 14.9. The van der Waals surface area contributed by atoms with E-state index < -0.39 is 5.82 Å². The fraction of sp³-hybridized carbons (Fsp3) is 0.308. The van der Waals surface area contributed by atoms with Crippen LogP contribution in [0.4, 0.5) is 15.8 Å². The first kappa shape index (κ1) is 20.9. The molecule has 0 atom stereocenters. The molecule has 1 amide bonds. The Hall–Kier alpha value is -3.65. The monoisotopic (exact) mass is 459 g/mol. The molecule has 1 aromatic carbocycles. The number of fused-ring (bicyclic) bond motifs is 1. The zero-order chi connectivity index (χ0) is 23.2. The van der Waals surface area contributed by atoms with Crippen molar-refractivity contribution in [3.05, 3.63) is 72.2 Å². The molecule has 8 heteroatoms. The van der Waals surface area contributed by atoms with Crippen molar-refractivity contribution in [1.82, 2.24) is 14.0 Å². The van der Waals surface area contributed by atoms with E-state index in [1.807, 2.05) is 36.1 Å². The second kappa shape index (κ2) is 8.29. The van der Waals surface area contributed by atoms with Crippen molar-refractivity contribution in [3.8, 4) is 11.1 Å². The van der Waals surface area contributed by atoms with E-state index in [9.17, 15) is 9.18 Å². The number of carbonyl (C=O) groups excluding carboxylic acids is 1. The summed E-state index contributed by atoms with van der Waals surface area (Å²) in [5, 5.41) is 2.77. The third-order valence-electron chi connectivity index (χ3n) is 6.64. The lowest BCUT2D eigenvalue weighted by Gasteiger charge is -2.29. The highest BCUT2D eigenvalue weighted by Gasteiger charge is 2.24. The number of imidazole rings is 1. The minimum absolute atomic E-state index is 0.170. The van der Waals surface area contributed by atoms with Gasteiger partial charge in [-0.25, -0.2) is 9.37 Å². The van der Waals surface area contributed by atoms with Gasteiger partial charge in [0.1, 0.15) is 5.82 Å². The largest absolute Gasteiger partial charge is 0.378 e. The van der Waals surface area contributed by atoms with Crippen LogP contribution >= 0.6 is 0 Å². The molecule has 6 rings (SSSR count). The van der Waals surface area contributed by atoms with Crippen LogP contribution in [0.3, 0.4) is 0 Å². The first-order valence-corrected chi connectivity index (χ1v) is 11.7. The second-order valence-electron chi connectivity index (χ2n) is 9.05. The summed E-state index contributed by atoms with van der Waals surface area (Å²) in [7, 11) is 0. The Morgan fingerprint density at radius 2 is 1.97 bits per heavy atom. The van der Waals surface area contributed by atoms with Gasteiger partial charge in [0.15, 0.2) is 5.65 Å². The highest BCUT2D eigenvalue weighted by Crippen LogP contribution is 2.36. The molecule has 0 unspecified atom stereocenters. The van der Waals surface area contributed by atoms with Crippen LogP contribution in [0.1, 0.15) is 34.8 Å². The molecule has 1 saturated carbocycles. The Kier molecular flexibility index (Phi) is 5.10. The van der Waals surface area contributed by atoms with Crippen molar-refractivity contribution < 1.29 is 13.9 Å². The zero-order valence-electron chi connectivity index (χ0n) is 19.0. The predicted molar refractivity (Wildman–Crippen MR) is 129 cm³/mol. The topological polar surface area (TPSA) is 63.8 Å². The molecule has 0 radical (unpaired) electrons. The number of anilines is 2. The summed E-state index contributed by atoms with van der Waals surface area (Å²) in [5.41, 5.74) is 5.17. The maximum Gasteiger partial charge on any atom is 0.257 e. The fourth-order valence-corrected chi connectivity index (χ4v) is 4.62. The van der Waals surface area contributed by atoms with Gasteiger partial charge in [0, 0.05) is 55.7 Å². The van der Waals surface area contributed by atoms with E-state index in [1.54, 1.807) is 18.3 Å². The molecule has 2 fully saturated rings. The number of ether oxygens (including phenoxy) is 1. The van der Waals surface area contributed by atoms with Crippen molar-refractivity contribution in [1.29, 1.82) is 0 Å². The molecule has 1 N–H and O–H groups in total. The molecule has 1 aliphatic heterocycles. The quantitative estimate of drug-likeness (QED) is 0.471. The molecular formula is C26H26FN5O2. The smallest absolute Gasteiger partial charge is 0.257 e. The number of halogens is 1. The van der Waals surface area contributed by atoms with Crippen LogP contribution in [0.5, 0.6) is 0 Å². The molecule has 3 aromatic heterocycles. The molecule has 34 heavy (non-hydrogen) atoms. The number of carbonyl (C=O) groups is 1. The summed E-state index contributed by atoms with van der Waals surface area (Å²) in [6.45, 7) is 4.80. The predicted octanol–water partition coefficient (Wildman–Crippen LogP) is 4.67. The number of benzene rings is 1. The van der Waals surface area contributed by atoms with Crippen molar-refractivity contribution >= 4 is 22.9 Å². The van der Waals surface area contributed by atoms with Crippen LogP contribution in [0.2, 0.25) is 0 Å². The van der Waals surface area contributed by atoms with Gasteiger partial charge in [0.2, 0.25) is 0 Å². The van der Waals surface area contributed by atoms with Gasteiger partial charge in [-0.15, -0.1) is 0 Å². The summed E-state index contributed by atoms with van der Waals surface area (Å²) >= 11 is 0. The van der Waals surface area contributed by atoms with Crippen LogP contribution < -0.4 is 10.2 Å². The average molecular weight is 460 g/mol.